The number of aliphatic hydroxyl groups is 1. The van der Waals surface area contributed by atoms with E-state index in [1.807, 2.05) is 0 Å². The number of hydrogen-bond donors (Lipinski definition) is 1. The van der Waals surface area contributed by atoms with E-state index in [4.69, 9.17) is 4.74 Å². The molecular formula is C24H19FN2O4. The van der Waals surface area contributed by atoms with Crippen molar-refractivity contribution in [3.05, 3.63) is 101 Å². The molecule has 1 aliphatic heterocycles. The van der Waals surface area contributed by atoms with Gasteiger partial charge in [-0.25, -0.2) is 4.39 Å². The SMILES string of the molecule is COc1ccc(C(O)=C2C(=O)C(=O)N(Cc3cccnc3)[C@@H]2c2ccccc2F)cc1. The molecule has 1 aliphatic rings. The van der Waals surface area contributed by atoms with Crippen LogP contribution < -0.4 is 4.74 Å². The predicted molar refractivity (Wildman–Crippen MR) is 111 cm³/mol. The summed E-state index contributed by atoms with van der Waals surface area (Å²) in [6.07, 6.45) is 3.16. The zero-order valence-corrected chi connectivity index (χ0v) is 16.7. The number of hydrogen-bond acceptors (Lipinski definition) is 5. The third-order valence-corrected chi connectivity index (χ3v) is 5.18. The first kappa shape index (κ1) is 20.3. The highest BCUT2D eigenvalue weighted by atomic mass is 19.1. The highest BCUT2D eigenvalue weighted by Gasteiger charge is 2.46. The van der Waals surface area contributed by atoms with Gasteiger partial charge in [0.1, 0.15) is 17.3 Å². The van der Waals surface area contributed by atoms with E-state index in [0.29, 0.717) is 16.9 Å². The van der Waals surface area contributed by atoms with Crippen LogP contribution in [0.1, 0.15) is 22.7 Å². The summed E-state index contributed by atoms with van der Waals surface area (Å²) in [5.41, 5.74) is 0.960. The van der Waals surface area contributed by atoms with Gasteiger partial charge in [-0.3, -0.25) is 14.6 Å². The van der Waals surface area contributed by atoms with Crippen LogP contribution in [0.15, 0.2) is 78.6 Å². The molecule has 1 atom stereocenters. The maximum Gasteiger partial charge on any atom is 0.295 e. The van der Waals surface area contributed by atoms with Crippen LogP contribution in [0.4, 0.5) is 4.39 Å². The molecule has 7 heteroatoms. The lowest BCUT2D eigenvalue weighted by Crippen LogP contribution is -2.29. The number of benzene rings is 2. The minimum Gasteiger partial charge on any atom is -0.507 e. The molecule has 4 rings (SSSR count). The van der Waals surface area contributed by atoms with Crippen molar-refractivity contribution in [1.82, 2.24) is 9.88 Å². The predicted octanol–water partition coefficient (Wildman–Crippen LogP) is 3.85. The van der Waals surface area contributed by atoms with Crippen molar-refractivity contribution in [2.75, 3.05) is 7.11 Å². The standard InChI is InChI=1S/C24H19FN2O4/c1-31-17-10-8-16(9-11-17)22(28)20-21(18-6-2-3-7-19(18)25)27(24(30)23(20)29)14-15-5-4-12-26-13-15/h2-13,21,28H,14H2,1H3/t21-/m1/s1. The number of Topliss-reactive ketones (excluding diaryl/α,β-unsaturated/α-hetero) is 1. The highest BCUT2D eigenvalue weighted by molar-refractivity contribution is 6.46. The molecule has 3 aromatic rings. The molecule has 0 saturated carbocycles. The summed E-state index contributed by atoms with van der Waals surface area (Å²) in [5, 5.41) is 11.0. The molecular weight excluding hydrogens is 399 g/mol. The normalized spacial score (nSPS) is 17.7. The lowest BCUT2D eigenvalue weighted by atomic mass is 9.94. The van der Waals surface area contributed by atoms with E-state index < -0.39 is 23.5 Å². The highest BCUT2D eigenvalue weighted by Crippen LogP contribution is 2.41. The summed E-state index contributed by atoms with van der Waals surface area (Å²) < 4.78 is 19.9. The molecule has 6 nitrogen and oxygen atoms in total. The van der Waals surface area contributed by atoms with Crippen molar-refractivity contribution in [2.45, 2.75) is 12.6 Å². The van der Waals surface area contributed by atoms with Crippen molar-refractivity contribution in [1.29, 1.82) is 0 Å². The Hall–Kier alpha value is -4.00. The molecule has 0 radical (unpaired) electrons. The number of aromatic nitrogens is 1. The Bertz CT molecular complexity index is 1160. The molecule has 0 spiro atoms. The van der Waals surface area contributed by atoms with E-state index in [0.717, 1.165) is 0 Å². The number of amides is 1. The van der Waals surface area contributed by atoms with Gasteiger partial charge >= 0.3 is 0 Å². The largest absolute Gasteiger partial charge is 0.507 e. The molecule has 2 aromatic carbocycles. The Kier molecular flexibility index (Phi) is 5.49. The Morgan fingerprint density at radius 1 is 1.10 bits per heavy atom. The maximum absolute atomic E-state index is 14.8. The number of aliphatic hydroxyl groups excluding tert-OH is 1. The first-order valence-electron chi connectivity index (χ1n) is 9.57. The summed E-state index contributed by atoms with van der Waals surface area (Å²) in [7, 11) is 1.51. The van der Waals surface area contributed by atoms with Crippen molar-refractivity contribution in [3.8, 4) is 5.75 Å². The van der Waals surface area contributed by atoms with Gasteiger partial charge in [0, 0.05) is 30.1 Å². The molecule has 31 heavy (non-hydrogen) atoms. The lowest BCUT2D eigenvalue weighted by Gasteiger charge is -2.25. The summed E-state index contributed by atoms with van der Waals surface area (Å²) in [6, 6.07) is 14.7. The molecule has 1 N–H and O–H groups in total. The monoisotopic (exact) mass is 418 g/mol. The van der Waals surface area contributed by atoms with E-state index in [1.54, 1.807) is 54.9 Å². The van der Waals surface area contributed by atoms with Crippen LogP contribution in [-0.2, 0) is 16.1 Å². The van der Waals surface area contributed by atoms with Gasteiger partial charge < -0.3 is 14.7 Å². The maximum atomic E-state index is 14.8. The minimum atomic E-state index is -1.08. The minimum absolute atomic E-state index is 0.0385. The summed E-state index contributed by atoms with van der Waals surface area (Å²) in [6.45, 7) is 0.0385. The molecule has 1 saturated heterocycles. The number of pyridine rings is 1. The Morgan fingerprint density at radius 2 is 1.84 bits per heavy atom. The smallest absolute Gasteiger partial charge is 0.295 e. The summed E-state index contributed by atoms with van der Waals surface area (Å²) in [5.74, 6) is -2.06. The van der Waals surface area contributed by atoms with E-state index in [2.05, 4.69) is 4.98 Å². The second kappa shape index (κ2) is 8.39. The molecule has 1 fully saturated rings. The third kappa shape index (κ3) is 3.77. The van der Waals surface area contributed by atoms with Crippen LogP contribution in [0.2, 0.25) is 0 Å². The van der Waals surface area contributed by atoms with Gasteiger partial charge in [-0.05, 0) is 42.0 Å². The van der Waals surface area contributed by atoms with Gasteiger partial charge in [-0.2, -0.15) is 0 Å². The number of ketones is 1. The quantitative estimate of drug-likeness (QED) is 0.387. The van der Waals surface area contributed by atoms with Crippen LogP contribution in [0.25, 0.3) is 5.76 Å². The topological polar surface area (TPSA) is 79.7 Å². The van der Waals surface area contributed by atoms with Crippen molar-refractivity contribution < 1.29 is 23.8 Å². The third-order valence-electron chi connectivity index (χ3n) is 5.18. The number of ether oxygens (including phenoxy) is 1. The number of nitrogens with zero attached hydrogens (tertiary/aromatic N) is 2. The average Bonchev–Trinajstić information content (AvgIpc) is 3.04. The average molecular weight is 418 g/mol. The van der Waals surface area contributed by atoms with Crippen molar-refractivity contribution in [2.24, 2.45) is 0 Å². The lowest BCUT2D eigenvalue weighted by molar-refractivity contribution is -0.140. The van der Waals surface area contributed by atoms with Gasteiger partial charge in [-0.15, -0.1) is 0 Å². The molecule has 0 unspecified atom stereocenters. The van der Waals surface area contributed by atoms with Gasteiger partial charge in [0.05, 0.1) is 18.7 Å². The second-order valence-corrected chi connectivity index (χ2v) is 7.04. The van der Waals surface area contributed by atoms with Gasteiger partial charge in [0.15, 0.2) is 0 Å². The van der Waals surface area contributed by atoms with E-state index in [-0.39, 0.29) is 23.4 Å². The fourth-order valence-corrected chi connectivity index (χ4v) is 3.66. The van der Waals surface area contributed by atoms with Crippen molar-refractivity contribution >= 4 is 17.4 Å². The first-order chi connectivity index (χ1) is 15.0. The Morgan fingerprint density at radius 3 is 2.48 bits per heavy atom. The molecule has 0 bridgehead atoms. The molecule has 156 valence electrons. The molecule has 2 heterocycles. The number of halogens is 1. The number of carbonyl (C=O) groups is 2. The molecule has 0 aliphatic carbocycles. The van der Waals surface area contributed by atoms with Gasteiger partial charge in [0.25, 0.3) is 11.7 Å². The number of rotatable bonds is 5. The molecule has 1 aromatic heterocycles. The van der Waals surface area contributed by atoms with Crippen LogP contribution in [0, 0.1) is 5.82 Å². The second-order valence-electron chi connectivity index (χ2n) is 7.04. The van der Waals surface area contributed by atoms with Crippen LogP contribution in [0.3, 0.4) is 0 Å². The number of likely N-dealkylation sites (tertiary alicyclic amines) is 1. The van der Waals surface area contributed by atoms with Crippen LogP contribution >= 0.6 is 0 Å². The van der Waals surface area contributed by atoms with Crippen LogP contribution in [-0.4, -0.2) is 33.8 Å². The zero-order chi connectivity index (χ0) is 22.0. The number of carbonyl (C=O) groups excluding carboxylic acids is 2. The van der Waals surface area contributed by atoms with Gasteiger partial charge in [0.2, 0.25) is 0 Å². The van der Waals surface area contributed by atoms with E-state index >= 15 is 0 Å². The summed E-state index contributed by atoms with van der Waals surface area (Å²) in [4.78, 5) is 31.2. The van der Waals surface area contributed by atoms with Crippen molar-refractivity contribution in [3.63, 3.8) is 0 Å². The van der Waals surface area contributed by atoms with Gasteiger partial charge in [-0.1, -0.05) is 24.3 Å². The summed E-state index contributed by atoms with van der Waals surface area (Å²) >= 11 is 0. The molecule has 1 amide bonds. The number of methoxy groups -OCH3 is 1. The fraction of sp³-hybridized carbons (Fsp3) is 0.125. The zero-order valence-electron chi connectivity index (χ0n) is 16.7. The van der Waals surface area contributed by atoms with E-state index in [1.165, 1.54) is 30.2 Å². The first-order valence-corrected chi connectivity index (χ1v) is 9.57. The Labute approximate surface area is 178 Å². The fourth-order valence-electron chi connectivity index (χ4n) is 3.66. The Balaban J connectivity index is 1.86. The van der Waals surface area contributed by atoms with E-state index in [9.17, 15) is 19.1 Å². The van der Waals surface area contributed by atoms with Crippen LogP contribution in [0.5, 0.6) is 5.75 Å².